The number of hydrogen-bond acceptors (Lipinski definition) is 5. The minimum absolute atomic E-state index is 0.229. The predicted octanol–water partition coefficient (Wildman–Crippen LogP) is 4.53. The Morgan fingerprint density at radius 3 is 2.62 bits per heavy atom. The average molecular weight is 384 g/mol. The molecule has 0 radical (unpaired) electrons. The Kier molecular flexibility index (Phi) is 4.32. The summed E-state index contributed by atoms with van der Waals surface area (Å²) in [6.45, 7) is 1.87. The molecule has 5 heteroatoms. The van der Waals surface area contributed by atoms with Gasteiger partial charge in [0.25, 0.3) is 0 Å². The Morgan fingerprint density at radius 1 is 1.00 bits per heavy atom. The van der Waals surface area contributed by atoms with Crippen LogP contribution >= 0.6 is 0 Å². The zero-order valence-corrected chi connectivity index (χ0v) is 17.0. The number of benzene rings is 2. The molecule has 1 atom stereocenters. The largest absolute Gasteiger partial charge is 0.460 e. The van der Waals surface area contributed by atoms with Gasteiger partial charge in [0.15, 0.2) is 5.82 Å². The van der Waals surface area contributed by atoms with Crippen molar-refractivity contribution >= 4 is 16.8 Å². The molecule has 0 saturated carbocycles. The lowest BCUT2D eigenvalue weighted by Gasteiger charge is -2.31. The Balaban J connectivity index is 1.53. The third kappa shape index (κ3) is 3.28. The third-order valence-corrected chi connectivity index (χ3v) is 5.65. The maximum Gasteiger partial charge on any atom is 0.150 e. The van der Waals surface area contributed by atoms with E-state index < -0.39 is 0 Å². The van der Waals surface area contributed by atoms with Gasteiger partial charge in [-0.25, -0.2) is 0 Å². The summed E-state index contributed by atoms with van der Waals surface area (Å²) in [5, 5.41) is 9.90. The number of rotatable bonds is 3. The molecular weight excluding hydrogens is 360 g/mol. The fourth-order valence-corrected chi connectivity index (χ4v) is 4.14. The summed E-state index contributed by atoms with van der Waals surface area (Å²) in [4.78, 5) is 4.31. The van der Waals surface area contributed by atoms with E-state index in [9.17, 15) is 0 Å². The minimum Gasteiger partial charge on any atom is -0.460 e. The maximum atomic E-state index is 6.21. The van der Waals surface area contributed by atoms with Crippen LogP contribution in [-0.2, 0) is 6.54 Å². The van der Waals surface area contributed by atoms with Crippen molar-refractivity contribution in [3.8, 4) is 11.3 Å². The van der Waals surface area contributed by atoms with Gasteiger partial charge in [0.2, 0.25) is 0 Å². The molecule has 0 fully saturated rings. The topological polar surface area (TPSA) is 45.4 Å². The molecule has 1 unspecified atom stereocenters. The highest BCUT2D eigenvalue weighted by atomic mass is 16.3. The summed E-state index contributed by atoms with van der Waals surface area (Å²) in [6, 6.07) is 21.1. The normalized spacial score (nSPS) is 16.7. The number of likely N-dealkylation sites (N-methyl/N-ethyl adjacent to an activating group) is 1. The van der Waals surface area contributed by atoms with Crippen LogP contribution in [-0.4, -0.2) is 42.8 Å². The average Bonchev–Trinajstić information content (AvgIpc) is 3.17. The van der Waals surface area contributed by atoms with E-state index in [2.05, 4.69) is 58.5 Å². The Morgan fingerprint density at radius 2 is 1.86 bits per heavy atom. The van der Waals surface area contributed by atoms with Crippen molar-refractivity contribution in [3.63, 3.8) is 0 Å². The van der Waals surface area contributed by atoms with Crippen molar-refractivity contribution < 1.29 is 4.42 Å². The van der Waals surface area contributed by atoms with E-state index in [4.69, 9.17) is 4.42 Å². The van der Waals surface area contributed by atoms with Crippen molar-refractivity contribution in [1.82, 2.24) is 15.1 Å². The van der Waals surface area contributed by atoms with Gasteiger partial charge < -0.3 is 14.2 Å². The second-order valence-corrected chi connectivity index (χ2v) is 8.02. The van der Waals surface area contributed by atoms with E-state index in [1.807, 2.05) is 43.3 Å². The Bertz CT molecular complexity index is 1130. The number of anilines is 1. The molecule has 3 heterocycles. The van der Waals surface area contributed by atoms with Crippen molar-refractivity contribution in [3.05, 3.63) is 77.6 Å². The van der Waals surface area contributed by atoms with E-state index in [-0.39, 0.29) is 5.92 Å². The first-order valence-corrected chi connectivity index (χ1v) is 9.90. The highest BCUT2D eigenvalue weighted by molar-refractivity contribution is 5.78. The van der Waals surface area contributed by atoms with Gasteiger partial charge in [-0.3, -0.25) is 0 Å². The van der Waals surface area contributed by atoms with Crippen LogP contribution in [0.15, 0.2) is 65.1 Å². The molecule has 5 rings (SSSR count). The maximum absolute atomic E-state index is 6.21. The molecule has 1 aliphatic heterocycles. The molecule has 29 heavy (non-hydrogen) atoms. The summed E-state index contributed by atoms with van der Waals surface area (Å²) >= 11 is 0. The van der Waals surface area contributed by atoms with Gasteiger partial charge in [0.05, 0.1) is 11.6 Å². The zero-order valence-electron chi connectivity index (χ0n) is 17.0. The highest BCUT2D eigenvalue weighted by Crippen LogP contribution is 2.37. The minimum atomic E-state index is 0.229. The molecule has 2 aromatic heterocycles. The van der Waals surface area contributed by atoms with Crippen LogP contribution in [0.5, 0.6) is 0 Å². The van der Waals surface area contributed by atoms with Gasteiger partial charge in [-0.1, -0.05) is 30.3 Å². The lowest BCUT2D eigenvalue weighted by atomic mass is 9.86. The molecule has 1 aliphatic rings. The van der Waals surface area contributed by atoms with Crippen LogP contribution in [0.1, 0.15) is 22.8 Å². The van der Waals surface area contributed by atoms with E-state index in [1.54, 1.807) is 0 Å². The standard InChI is InChI=1S/C24H24N4O/c1-27(2)24-11-10-21(25-26-24)16-8-9-19-18(12-16)14-28(3)15-20(19)23-13-17-6-4-5-7-22(17)29-23/h4-13,20H,14-15H2,1-3H3. The van der Waals surface area contributed by atoms with Crippen LogP contribution < -0.4 is 4.90 Å². The first-order valence-electron chi connectivity index (χ1n) is 9.90. The molecule has 5 nitrogen and oxygen atoms in total. The van der Waals surface area contributed by atoms with Crippen molar-refractivity contribution in [1.29, 1.82) is 0 Å². The lowest BCUT2D eigenvalue weighted by molar-refractivity contribution is 0.282. The first kappa shape index (κ1) is 17.9. The molecule has 4 aromatic rings. The van der Waals surface area contributed by atoms with Gasteiger partial charge in [-0.05, 0) is 48.5 Å². The van der Waals surface area contributed by atoms with Crippen molar-refractivity contribution in [2.45, 2.75) is 12.5 Å². The number of fused-ring (bicyclic) bond motifs is 2. The summed E-state index contributed by atoms with van der Waals surface area (Å²) in [6.07, 6.45) is 0. The summed E-state index contributed by atoms with van der Waals surface area (Å²) < 4.78 is 6.21. The predicted molar refractivity (Wildman–Crippen MR) is 116 cm³/mol. The molecule has 0 bridgehead atoms. The molecule has 0 aliphatic carbocycles. The first-order chi connectivity index (χ1) is 14.1. The number of nitrogens with zero attached hydrogens (tertiary/aromatic N) is 4. The second-order valence-electron chi connectivity index (χ2n) is 8.02. The number of para-hydroxylation sites is 1. The van der Waals surface area contributed by atoms with Gasteiger partial charge in [0.1, 0.15) is 11.3 Å². The Hall–Kier alpha value is -3.18. The zero-order chi connectivity index (χ0) is 20.0. The van der Waals surface area contributed by atoms with E-state index in [0.29, 0.717) is 0 Å². The van der Waals surface area contributed by atoms with Gasteiger partial charge in [-0.2, -0.15) is 0 Å². The molecule has 0 saturated heterocycles. The molecule has 0 spiro atoms. The van der Waals surface area contributed by atoms with Gasteiger partial charge >= 0.3 is 0 Å². The van der Waals surface area contributed by atoms with E-state index in [1.165, 1.54) is 11.1 Å². The summed E-state index contributed by atoms with van der Waals surface area (Å²) in [5.41, 5.74) is 5.60. The molecular formula is C24H24N4O. The van der Waals surface area contributed by atoms with Crippen LogP contribution in [0, 0.1) is 0 Å². The van der Waals surface area contributed by atoms with Crippen LogP contribution in [0.25, 0.3) is 22.2 Å². The van der Waals surface area contributed by atoms with E-state index in [0.717, 1.165) is 46.9 Å². The van der Waals surface area contributed by atoms with Crippen molar-refractivity contribution in [2.24, 2.45) is 0 Å². The number of furan rings is 1. The fourth-order valence-electron chi connectivity index (χ4n) is 4.14. The van der Waals surface area contributed by atoms with Crippen LogP contribution in [0.4, 0.5) is 5.82 Å². The summed E-state index contributed by atoms with van der Waals surface area (Å²) in [7, 11) is 6.10. The number of hydrogen-bond donors (Lipinski definition) is 0. The lowest BCUT2D eigenvalue weighted by Crippen LogP contribution is -2.30. The Labute approximate surface area is 170 Å². The van der Waals surface area contributed by atoms with Crippen molar-refractivity contribution in [2.75, 3.05) is 32.6 Å². The summed E-state index contributed by atoms with van der Waals surface area (Å²) in [5.74, 6) is 2.12. The smallest absolute Gasteiger partial charge is 0.150 e. The monoisotopic (exact) mass is 384 g/mol. The van der Waals surface area contributed by atoms with Gasteiger partial charge in [0, 0.05) is 38.1 Å². The molecule has 0 amide bonds. The molecule has 146 valence electrons. The highest BCUT2D eigenvalue weighted by Gasteiger charge is 2.27. The molecule has 2 aromatic carbocycles. The van der Waals surface area contributed by atoms with Gasteiger partial charge in [-0.15, -0.1) is 10.2 Å². The van der Waals surface area contributed by atoms with Crippen LogP contribution in [0.3, 0.4) is 0 Å². The second kappa shape index (κ2) is 7.01. The van der Waals surface area contributed by atoms with Crippen LogP contribution in [0.2, 0.25) is 0 Å². The molecule has 0 N–H and O–H groups in total. The number of aromatic nitrogens is 2. The third-order valence-electron chi connectivity index (χ3n) is 5.65. The van der Waals surface area contributed by atoms with E-state index >= 15 is 0 Å². The quantitative estimate of drug-likeness (QED) is 0.519. The fraction of sp³-hybridized carbons (Fsp3) is 0.250. The SMILES string of the molecule is CN1Cc2cc(-c3ccc(N(C)C)nn3)ccc2C(c2cc3ccccc3o2)C1.